The van der Waals surface area contributed by atoms with Gasteiger partial charge in [-0.15, -0.1) is 0 Å². The molecule has 1 unspecified atom stereocenters. The molecule has 0 aromatic carbocycles. The van der Waals surface area contributed by atoms with Gasteiger partial charge >= 0.3 is 11.9 Å². The maximum Gasteiger partial charge on any atom is 0.333 e. The summed E-state index contributed by atoms with van der Waals surface area (Å²) in [6.07, 6.45) is 3.64. The van der Waals surface area contributed by atoms with Crippen LogP contribution in [0, 0.1) is 11.8 Å². The molecule has 3 rings (SSSR count). The van der Waals surface area contributed by atoms with Crippen LogP contribution in [0.2, 0.25) is 0 Å². The van der Waals surface area contributed by atoms with Crippen molar-refractivity contribution < 1.29 is 24.2 Å². The van der Waals surface area contributed by atoms with E-state index >= 15 is 0 Å². The van der Waals surface area contributed by atoms with E-state index in [1.165, 1.54) is 0 Å². The molecule has 136 valence electrons. The van der Waals surface area contributed by atoms with Crippen molar-refractivity contribution >= 4 is 11.9 Å². The Labute approximate surface area is 148 Å². The predicted octanol–water partition coefficient (Wildman–Crippen LogP) is 2.84. The van der Waals surface area contributed by atoms with Gasteiger partial charge in [-0.1, -0.05) is 24.6 Å². The number of ether oxygens (including phenoxy) is 2. The first-order chi connectivity index (χ1) is 11.7. The summed E-state index contributed by atoms with van der Waals surface area (Å²) in [6.45, 7) is 9.02. The Bertz CT molecular complexity index is 710. The molecule has 2 aliphatic carbocycles. The van der Waals surface area contributed by atoms with Gasteiger partial charge in [0.05, 0.1) is 17.4 Å². The molecule has 1 heterocycles. The minimum Gasteiger partial charge on any atom is -0.458 e. The fraction of sp³-hybridized carbons (Fsp3) is 0.600. The van der Waals surface area contributed by atoms with E-state index in [1.807, 2.05) is 19.9 Å². The molecule has 5 heteroatoms. The van der Waals surface area contributed by atoms with E-state index in [4.69, 9.17) is 9.47 Å². The van der Waals surface area contributed by atoms with Gasteiger partial charge in [-0.3, -0.25) is 4.79 Å². The molecule has 0 amide bonds. The summed E-state index contributed by atoms with van der Waals surface area (Å²) >= 11 is 0. The van der Waals surface area contributed by atoms with Crippen molar-refractivity contribution in [2.75, 3.05) is 0 Å². The van der Waals surface area contributed by atoms with Gasteiger partial charge in [0.1, 0.15) is 12.2 Å². The molecular weight excluding hydrogens is 320 g/mol. The second kappa shape index (κ2) is 6.13. The Morgan fingerprint density at radius 1 is 1.48 bits per heavy atom. The molecule has 0 bridgehead atoms. The molecule has 5 nitrogen and oxygen atoms in total. The average molecular weight is 346 g/mol. The molecular formula is C20H26O5. The topological polar surface area (TPSA) is 72.8 Å². The number of fused-ring (bicyclic) bond motifs is 3. The maximum atomic E-state index is 12.3. The Morgan fingerprint density at radius 3 is 2.80 bits per heavy atom. The molecule has 1 saturated heterocycles. The van der Waals surface area contributed by atoms with Crippen molar-refractivity contribution in [2.24, 2.45) is 11.8 Å². The highest BCUT2D eigenvalue weighted by molar-refractivity contribution is 5.88. The molecule has 1 aliphatic heterocycles. The van der Waals surface area contributed by atoms with Gasteiger partial charge < -0.3 is 14.6 Å². The largest absolute Gasteiger partial charge is 0.458 e. The standard InChI is InChI=1S/C20H26O5/c1-6-10(2)18(21)24-14-9-20(5,23)13-8-7-11(3)15(13)17-16(14)12(4)19(22)25-17/h6,8,12,14,16-17,23H,7,9H2,1-5H3/b10-6+/t12-,14-,16?,17+,20-/m0/s1. The molecule has 1 N–H and O–H groups in total. The highest BCUT2D eigenvalue weighted by atomic mass is 16.6. The lowest BCUT2D eigenvalue weighted by atomic mass is 9.83. The number of aliphatic hydroxyl groups is 1. The molecule has 0 aromatic rings. The summed E-state index contributed by atoms with van der Waals surface area (Å²) in [5.41, 5.74) is 2.20. The third-order valence-electron chi connectivity index (χ3n) is 5.81. The second-order valence-electron chi connectivity index (χ2n) is 7.63. The van der Waals surface area contributed by atoms with Gasteiger partial charge in [0.15, 0.2) is 0 Å². The summed E-state index contributed by atoms with van der Waals surface area (Å²) in [7, 11) is 0. The first-order valence-corrected chi connectivity index (χ1v) is 8.84. The smallest absolute Gasteiger partial charge is 0.333 e. The Kier molecular flexibility index (Phi) is 4.40. The van der Waals surface area contributed by atoms with Crippen molar-refractivity contribution in [1.29, 1.82) is 0 Å². The number of carbonyl (C=O) groups is 2. The minimum absolute atomic E-state index is 0.250. The van der Waals surface area contributed by atoms with E-state index < -0.39 is 23.8 Å². The molecule has 2 fully saturated rings. The second-order valence-corrected chi connectivity index (χ2v) is 7.63. The zero-order chi connectivity index (χ0) is 18.5. The van der Waals surface area contributed by atoms with E-state index in [1.54, 1.807) is 26.8 Å². The van der Waals surface area contributed by atoms with Crippen molar-refractivity contribution in [1.82, 2.24) is 0 Å². The molecule has 0 radical (unpaired) electrons. The number of rotatable bonds is 2. The van der Waals surface area contributed by atoms with Gasteiger partial charge in [-0.05, 0) is 45.3 Å². The van der Waals surface area contributed by atoms with Crippen LogP contribution in [0.3, 0.4) is 0 Å². The van der Waals surface area contributed by atoms with E-state index in [2.05, 4.69) is 0 Å². The van der Waals surface area contributed by atoms with Crippen LogP contribution in [0.5, 0.6) is 0 Å². The lowest BCUT2D eigenvalue weighted by Gasteiger charge is -2.29. The zero-order valence-electron chi connectivity index (χ0n) is 15.5. The Hall–Kier alpha value is -1.88. The number of carbonyl (C=O) groups excluding carboxylic acids is 2. The molecule has 0 spiro atoms. The van der Waals surface area contributed by atoms with Crippen LogP contribution in [-0.4, -0.2) is 34.9 Å². The minimum atomic E-state index is -1.13. The van der Waals surface area contributed by atoms with E-state index in [0.717, 1.165) is 23.1 Å². The van der Waals surface area contributed by atoms with Crippen LogP contribution in [0.4, 0.5) is 0 Å². The van der Waals surface area contributed by atoms with Gasteiger partial charge in [-0.2, -0.15) is 0 Å². The summed E-state index contributed by atoms with van der Waals surface area (Å²) in [5.74, 6) is -1.36. The van der Waals surface area contributed by atoms with Crippen LogP contribution in [0.1, 0.15) is 47.5 Å². The number of esters is 2. The van der Waals surface area contributed by atoms with Gasteiger partial charge in [0.2, 0.25) is 0 Å². The zero-order valence-corrected chi connectivity index (χ0v) is 15.5. The van der Waals surface area contributed by atoms with E-state index in [-0.39, 0.29) is 24.2 Å². The highest BCUT2D eigenvalue weighted by Gasteiger charge is 2.56. The lowest BCUT2D eigenvalue weighted by Crippen LogP contribution is -2.38. The Morgan fingerprint density at radius 2 is 2.16 bits per heavy atom. The van der Waals surface area contributed by atoms with Gasteiger partial charge in [0, 0.05) is 12.0 Å². The third-order valence-corrected chi connectivity index (χ3v) is 5.81. The molecule has 3 aliphatic rings. The van der Waals surface area contributed by atoms with Crippen LogP contribution >= 0.6 is 0 Å². The lowest BCUT2D eigenvalue weighted by molar-refractivity contribution is -0.151. The number of allylic oxidation sites excluding steroid dienone is 3. The number of hydrogen-bond acceptors (Lipinski definition) is 5. The number of hydrogen-bond donors (Lipinski definition) is 1. The fourth-order valence-electron chi connectivity index (χ4n) is 4.22. The highest BCUT2D eigenvalue weighted by Crippen LogP contribution is 2.50. The molecule has 0 aromatic heterocycles. The summed E-state index contributed by atoms with van der Waals surface area (Å²) < 4.78 is 11.4. The third kappa shape index (κ3) is 2.84. The first-order valence-electron chi connectivity index (χ1n) is 8.84. The molecule has 1 saturated carbocycles. The van der Waals surface area contributed by atoms with Crippen molar-refractivity contribution in [2.45, 2.75) is 65.3 Å². The van der Waals surface area contributed by atoms with Crippen LogP contribution in [0.25, 0.3) is 0 Å². The maximum absolute atomic E-state index is 12.3. The van der Waals surface area contributed by atoms with Crippen LogP contribution < -0.4 is 0 Å². The summed E-state index contributed by atoms with van der Waals surface area (Å²) in [5, 5.41) is 11.1. The van der Waals surface area contributed by atoms with Gasteiger partial charge in [-0.25, -0.2) is 4.79 Å². The summed E-state index contributed by atoms with van der Waals surface area (Å²) in [4.78, 5) is 24.6. The quantitative estimate of drug-likeness (QED) is 0.615. The van der Waals surface area contributed by atoms with Crippen molar-refractivity contribution in [3.05, 3.63) is 34.4 Å². The SMILES string of the molecule is C/C=C(\C)C(=O)O[C@H]1C[C@](C)(O)C2=CCC(C)=C2[C@H]2OC(=O)[C@@H](C)C12. The monoisotopic (exact) mass is 346 g/mol. The molecule has 25 heavy (non-hydrogen) atoms. The fourth-order valence-corrected chi connectivity index (χ4v) is 4.22. The van der Waals surface area contributed by atoms with E-state index in [9.17, 15) is 14.7 Å². The van der Waals surface area contributed by atoms with Gasteiger partial charge in [0.25, 0.3) is 0 Å². The van der Waals surface area contributed by atoms with Crippen LogP contribution in [-0.2, 0) is 19.1 Å². The first kappa shape index (κ1) is 17.9. The van der Waals surface area contributed by atoms with E-state index in [0.29, 0.717) is 5.57 Å². The predicted molar refractivity (Wildman–Crippen MR) is 92.5 cm³/mol. The average Bonchev–Trinajstić information content (AvgIpc) is 3.03. The Balaban J connectivity index is 2.04. The molecule has 5 atom stereocenters. The van der Waals surface area contributed by atoms with Crippen LogP contribution in [0.15, 0.2) is 34.4 Å². The summed E-state index contributed by atoms with van der Waals surface area (Å²) in [6, 6.07) is 0. The normalized spacial score (nSPS) is 37.9. The van der Waals surface area contributed by atoms with Crippen molar-refractivity contribution in [3.63, 3.8) is 0 Å². The van der Waals surface area contributed by atoms with Crippen molar-refractivity contribution in [3.8, 4) is 0 Å².